The third-order valence-corrected chi connectivity index (χ3v) is 3.80. The van der Waals surface area contributed by atoms with E-state index in [0.29, 0.717) is 15.0 Å². The van der Waals surface area contributed by atoms with Crippen molar-refractivity contribution in [1.29, 1.82) is 0 Å². The Hall–Kier alpha value is -0.211. The van der Waals surface area contributed by atoms with E-state index < -0.39 is 5.60 Å². The van der Waals surface area contributed by atoms with Crippen molar-refractivity contribution < 1.29 is 9.53 Å². The van der Waals surface area contributed by atoms with E-state index in [2.05, 4.69) is 12.2 Å². The van der Waals surface area contributed by atoms with Gasteiger partial charge < -0.3 is 0 Å². The number of unbranched alkanes of at least 4 members (excludes halogenated alkanes) is 1. The van der Waals surface area contributed by atoms with Crippen LogP contribution in [0.3, 0.4) is 0 Å². The van der Waals surface area contributed by atoms with Gasteiger partial charge in [-0.15, -0.1) is 0 Å². The van der Waals surface area contributed by atoms with Gasteiger partial charge in [0.05, 0.1) is 0 Å². The number of amides is 1. The first-order valence-electron chi connectivity index (χ1n) is 5.50. The van der Waals surface area contributed by atoms with Crippen LogP contribution in [0.1, 0.15) is 40.5 Å². The van der Waals surface area contributed by atoms with Crippen LogP contribution in [0, 0.1) is 0 Å². The van der Waals surface area contributed by atoms with Crippen LogP contribution in [-0.4, -0.2) is 33.2 Å². The van der Waals surface area contributed by atoms with E-state index in [0.717, 1.165) is 11.9 Å². The van der Waals surface area contributed by atoms with Crippen molar-refractivity contribution in [3.63, 3.8) is 0 Å². The normalized spacial score (nSPS) is 11.2. The van der Waals surface area contributed by atoms with E-state index in [1.54, 1.807) is 0 Å². The van der Waals surface area contributed by atoms with Crippen LogP contribution in [0.5, 0.6) is 0 Å². The molecule has 0 atom stereocenters. The van der Waals surface area contributed by atoms with E-state index in [-0.39, 0.29) is 6.09 Å². The van der Waals surface area contributed by atoms with Gasteiger partial charge in [0, 0.05) is 0 Å². The Morgan fingerprint density at radius 2 is 2.00 bits per heavy atom. The molecule has 1 N–H and O–H groups in total. The summed E-state index contributed by atoms with van der Waals surface area (Å²) < 4.78 is 5.12. The minimum absolute atomic E-state index is 0.297. The first-order chi connectivity index (χ1) is 6.95. The summed E-state index contributed by atoms with van der Waals surface area (Å²) in [4.78, 5) is 11.2. The molecule has 0 spiro atoms. The van der Waals surface area contributed by atoms with E-state index in [4.69, 9.17) is 4.74 Å². The Morgan fingerprint density at radius 1 is 1.33 bits per heavy atom. The van der Waals surface area contributed by atoms with Gasteiger partial charge in [0.15, 0.2) is 0 Å². The number of rotatable bonds is 6. The van der Waals surface area contributed by atoms with Crippen LogP contribution < -0.4 is 5.32 Å². The Morgan fingerprint density at radius 3 is 2.53 bits per heavy atom. The second kappa shape index (κ2) is 8.00. The van der Waals surface area contributed by atoms with Crippen LogP contribution in [0.4, 0.5) is 4.79 Å². The molecule has 1 amide bonds. The summed E-state index contributed by atoms with van der Waals surface area (Å²) in [6.45, 7) is 8.57. The number of hydrogen-bond donors (Lipinski definition) is 1. The molecule has 0 aromatic heterocycles. The fourth-order valence-corrected chi connectivity index (χ4v) is 2.87. The number of nitrogens with one attached hydrogen (secondary N) is 1. The average Bonchev–Trinajstić information content (AvgIpc) is 2.08. The minimum atomic E-state index is -0.391. The zero-order valence-electron chi connectivity index (χ0n) is 10.3. The Kier molecular flexibility index (Phi) is 7.89. The second-order valence-electron chi connectivity index (χ2n) is 4.39. The zero-order valence-corrected chi connectivity index (χ0v) is 12.0. The summed E-state index contributed by atoms with van der Waals surface area (Å²) in [7, 11) is 0. The average molecular weight is 280 g/mol. The van der Waals surface area contributed by atoms with Crippen molar-refractivity contribution in [2.24, 2.45) is 0 Å². The van der Waals surface area contributed by atoms with Crippen molar-refractivity contribution in [2.45, 2.75) is 56.8 Å². The molecule has 0 saturated carbocycles. The molecule has 3 nitrogen and oxygen atoms in total. The maximum atomic E-state index is 11.2. The van der Waals surface area contributed by atoms with E-state index in [1.807, 2.05) is 20.8 Å². The van der Waals surface area contributed by atoms with Gasteiger partial charge in [-0.25, -0.2) is 0 Å². The molecule has 0 heterocycles. The molecule has 90 valence electrons. The molecular weight excluding hydrogens is 257 g/mol. The van der Waals surface area contributed by atoms with E-state index in [1.165, 1.54) is 18.2 Å². The number of ether oxygens (including phenoxy) is 1. The number of carbonyl (C=O) groups excluding carboxylic acids is 1. The quantitative estimate of drug-likeness (QED) is 0.600. The number of carbonyl (C=O) groups is 1. The van der Waals surface area contributed by atoms with Gasteiger partial charge in [-0.05, 0) is 0 Å². The standard InChI is InChI=1S/C11H23NO2Se/c1-5-6-8-15-9-7-12-10(13)14-11(2,3)4/h5-9H2,1-4H3,(H,12,13). The van der Waals surface area contributed by atoms with Gasteiger partial charge >= 0.3 is 99.2 Å². The van der Waals surface area contributed by atoms with Crippen LogP contribution in [0.25, 0.3) is 0 Å². The third kappa shape index (κ3) is 11.7. The summed E-state index contributed by atoms with van der Waals surface area (Å²) >= 11 is 0.672. The SMILES string of the molecule is CCCC[Se]CCNC(=O)OC(C)(C)C. The maximum absolute atomic E-state index is 11.2. The molecule has 0 aliphatic rings. The molecule has 15 heavy (non-hydrogen) atoms. The Bertz CT molecular complexity index is 178. The molecule has 0 saturated heterocycles. The fourth-order valence-electron chi connectivity index (χ4n) is 0.888. The molecule has 0 aromatic rings. The summed E-state index contributed by atoms with van der Waals surface area (Å²) in [5, 5.41) is 5.19. The third-order valence-electron chi connectivity index (χ3n) is 1.56. The zero-order chi connectivity index (χ0) is 11.7. The summed E-state index contributed by atoms with van der Waals surface area (Å²) in [5.74, 6) is 0. The molecule has 0 radical (unpaired) electrons. The van der Waals surface area contributed by atoms with Crippen LogP contribution in [-0.2, 0) is 4.74 Å². The molecular formula is C11H23NO2Se. The van der Waals surface area contributed by atoms with Crippen molar-refractivity contribution in [3.05, 3.63) is 0 Å². The van der Waals surface area contributed by atoms with E-state index in [9.17, 15) is 4.79 Å². The van der Waals surface area contributed by atoms with Gasteiger partial charge in [0.1, 0.15) is 0 Å². The number of hydrogen-bond acceptors (Lipinski definition) is 2. The molecule has 0 aromatic carbocycles. The summed E-state index contributed by atoms with van der Waals surface area (Å²) in [6, 6.07) is 0. The Balaban J connectivity index is 3.32. The predicted octanol–water partition coefficient (Wildman–Crippen LogP) is 2.85. The van der Waals surface area contributed by atoms with Gasteiger partial charge in [-0.1, -0.05) is 0 Å². The topological polar surface area (TPSA) is 38.3 Å². The molecule has 0 aliphatic heterocycles. The van der Waals surface area contributed by atoms with Crippen molar-refractivity contribution in [3.8, 4) is 0 Å². The fraction of sp³-hybridized carbons (Fsp3) is 0.909. The molecule has 0 unspecified atom stereocenters. The van der Waals surface area contributed by atoms with Gasteiger partial charge in [0.25, 0.3) is 0 Å². The van der Waals surface area contributed by atoms with Gasteiger partial charge in [0.2, 0.25) is 0 Å². The molecule has 0 rings (SSSR count). The van der Waals surface area contributed by atoms with Crippen molar-refractivity contribution in [2.75, 3.05) is 6.54 Å². The summed E-state index contributed by atoms with van der Waals surface area (Å²) in [5.41, 5.74) is -0.391. The predicted molar refractivity (Wildman–Crippen MR) is 64.5 cm³/mol. The van der Waals surface area contributed by atoms with Crippen LogP contribution >= 0.6 is 0 Å². The van der Waals surface area contributed by atoms with Crippen LogP contribution in [0.2, 0.25) is 10.6 Å². The van der Waals surface area contributed by atoms with Crippen molar-refractivity contribution in [1.82, 2.24) is 5.32 Å². The summed E-state index contributed by atoms with van der Waals surface area (Å²) in [6.07, 6.45) is 2.28. The van der Waals surface area contributed by atoms with Crippen LogP contribution in [0.15, 0.2) is 0 Å². The molecule has 0 fully saturated rings. The molecule has 4 heteroatoms. The second-order valence-corrected chi connectivity index (χ2v) is 6.96. The number of alkyl carbamates (subject to hydrolysis) is 1. The van der Waals surface area contributed by atoms with Gasteiger partial charge in [-0.3, -0.25) is 0 Å². The molecule has 0 bridgehead atoms. The monoisotopic (exact) mass is 281 g/mol. The first-order valence-corrected chi connectivity index (χ1v) is 7.92. The van der Waals surface area contributed by atoms with E-state index >= 15 is 0 Å². The Labute approximate surface area is 99.5 Å². The van der Waals surface area contributed by atoms with Gasteiger partial charge in [-0.2, -0.15) is 0 Å². The molecule has 0 aliphatic carbocycles. The van der Waals surface area contributed by atoms with Crippen molar-refractivity contribution >= 4 is 21.1 Å². The first kappa shape index (κ1) is 14.8.